The smallest absolute Gasteiger partial charge is 0.311 e. The van der Waals surface area contributed by atoms with Gasteiger partial charge in [0.2, 0.25) is 11.3 Å². The molecular formula is C23H37N3O4S. The molecular weight excluding hydrogens is 414 g/mol. The summed E-state index contributed by atoms with van der Waals surface area (Å²) in [5.41, 5.74) is 1.13. The zero-order chi connectivity index (χ0) is 23.2. The number of carbonyl (C=O) groups excluding carboxylic acids is 1. The Balaban J connectivity index is 1.88. The van der Waals surface area contributed by atoms with E-state index in [1.165, 1.54) is 0 Å². The van der Waals surface area contributed by atoms with Crippen molar-refractivity contribution in [3.63, 3.8) is 0 Å². The van der Waals surface area contributed by atoms with E-state index in [9.17, 15) is 13.6 Å². The minimum atomic E-state index is -2.10. The monoisotopic (exact) mass is 451 g/mol. The van der Waals surface area contributed by atoms with Gasteiger partial charge in [0.05, 0.1) is 0 Å². The highest BCUT2D eigenvalue weighted by Gasteiger charge is 2.41. The summed E-state index contributed by atoms with van der Waals surface area (Å²) in [7, 11) is 0. The predicted octanol–water partition coefficient (Wildman–Crippen LogP) is 4.29. The molecule has 1 aliphatic rings. The molecule has 0 aromatic heterocycles. The van der Waals surface area contributed by atoms with Gasteiger partial charge in [0, 0.05) is 35.8 Å². The second-order valence-electron chi connectivity index (χ2n) is 9.66. The maximum absolute atomic E-state index is 12.2. The van der Waals surface area contributed by atoms with Gasteiger partial charge >= 0.3 is 5.97 Å². The standard InChI is InChI=1S/C23H37N3O4S/c1-6-8-20(24)17-10-12-19(13-11-17)30-21(27)9-7-14-26(31(28)29)18-15-22(2,3)25-23(4,5)16-18/h10-13,18,24-25H,6-9,14-16H2,1-5H3,(H,28,29). The fraction of sp³-hybridized carbons (Fsp3) is 0.652. The molecule has 31 heavy (non-hydrogen) atoms. The average Bonchev–Trinajstić information content (AvgIpc) is 2.63. The molecule has 0 amide bonds. The first-order valence-electron chi connectivity index (χ1n) is 11.0. The quantitative estimate of drug-likeness (QED) is 0.213. The van der Waals surface area contributed by atoms with Gasteiger partial charge in [-0.15, -0.1) is 0 Å². The molecule has 0 spiro atoms. The molecule has 1 unspecified atom stereocenters. The van der Waals surface area contributed by atoms with E-state index in [0.717, 1.165) is 24.8 Å². The molecule has 2 rings (SSSR count). The van der Waals surface area contributed by atoms with E-state index in [1.807, 2.05) is 6.92 Å². The first-order valence-corrected chi connectivity index (χ1v) is 12.0. The van der Waals surface area contributed by atoms with E-state index in [4.69, 9.17) is 10.1 Å². The lowest BCUT2D eigenvalue weighted by molar-refractivity contribution is -0.134. The summed E-state index contributed by atoms with van der Waals surface area (Å²) in [6.07, 6.45) is 3.75. The van der Waals surface area contributed by atoms with Crippen molar-refractivity contribution in [1.82, 2.24) is 9.62 Å². The Bertz CT molecular complexity index is 777. The van der Waals surface area contributed by atoms with Crippen LogP contribution in [0.4, 0.5) is 0 Å². The summed E-state index contributed by atoms with van der Waals surface area (Å²) in [6, 6.07) is 6.94. The van der Waals surface area contributed by atoms with Crippen LogP contribution < -0.4 is 10.1 Å². The van der Waals surface area contributed by atoms with Crippen LogP contribution in [0.15, 0.2) is 24.3 Å². The molecule has 0 bridgehead atoms. The largest absolute Gasteiger partial charge is 0.427 e. The molecule has 1 aromatic carbocycles. The molecule has 7 nitrogen and oxygen atoms in total. The SMILES string of the molecule is CCCC(=N)c1ccc(OC(=O)CCCN(C2CC(C)(C)NC(C)(C)C2)S(=O)O)cc1. The van der Waals surface area contributed by atoms with Crippen molar-refractivity contribution >= 4 is 22.9 Å². The van der Waals surface area contributed by atoms with E-state index in [0.29, 0.717) is 30.8 Å². The zero-order valence-electron chi connectivity index (χ0n) is 19.4. The van der Waals surface area contributed by atoms with Gasteiger partial charge in [-0.05, 0) is 83.2 Å². The van der Waals surface area contributed by atoms with E-state index in [2.05, 4.69) is 33.0 Å². The summed E-state index contributed by atoms with van der Waals surface area (Å²) in [5, 5.41) is 11.6. The normalized spacial score (nSPS) is 19.2. The van der Waals surface area contributed by atoms with E-state index in [1.54, 1.807) is 28.6 Å². The van der Waals surface area contributed by atoms with Crippen LogP contribution in [0.5, 0.6) is 5.75 Å². The van der Waals surface area contributed by atoms with E-state index < -0.39 is 11.3 Å². The number of piperidine rings is 1. The molecule has 1 atom stereocenters. The molecule has 8 heteroatoms. The molecule has 0 aliphatic carbocycles. The van der Waals surface area contributed by atoms with Crippen LogP contribution in [0.2, 0.25) is 0 Å². The lowest BCUT2D eigenvalue weighted by Crippen LogP contribution is -2.62. The van der Waals surface area contributed by atoms with Crippen LogP contribution in [-0.4, -0.2) is 48.4 Å². The maximum Gasteiger partial charge on any atom is 0.311 e. The zero-order valence-corrected chi connectivity index (χ0v) is 20.2. The first-order chi connectivity index (χ1) is 14.4. The van der Waals surface area contributed by atoms with Crippen LogP contribution >= 0.6 is 0 Å². The van der Waals surface area contributed by atoms with Crippen LogP contribution in [0.25, 0.3) is 0 Å². The third-order valence-corrected chi connectivity index (χ3v) is 6.35. The van der Waals surface area contributed by atoms with Crippen LogP contribution in [0.3, 0.4) is 0 Å². The Morgan fingerprint density at radius 3 is 2.29 bits per heavy atom. The molecule has 1 aromatic rings. The number of carbonyl (C=O) groups is 1. The van der Waals surface area contributed by atoms with Gasteiger partial charge in [-0.1, -0.05) is 13.3 Å². The summed E-state index contributed by atoms with van der Waals surface area (Å²) < 4.78 is 28.8. The van der Waals surface area contributed by atoms with Gasteiger partial charge in [0.25, 0.3) is 0 Å². The molecule has 3 N–H and O–H groups in total. The Hall–Kier alpha value is -1.61. The number of nitrogens with zero attached hydrogens (tertiary/aromatic N) is 1. The van der Waals surface area contributed by atoms with E-state index >= 15 is 0 Å². The molecule has 0 saturated carbocycles. The van der Waals surface area contributed by atoms with Crippen molar-refractivity contribution in [3.8, 4) is 5.75 Å². The summed E-state index contributed by atoms with van der Waals surface area (Å²) in [5.74, 6) is 0.0773. The topological polar surface area (TPSA) is 103 Å². The number of nitrogens with one attached hydrogen (secondary N) is 2. The van der Waals surface area contributed by atoms with E-state index in [-0.39, 0.29) is 29.5 Å². The van der Waals surface area contributed by atoms with Gasteiger partial charge in [-0.25, -0.2) is 4.21 Å². The first kappa shape index (κ1) is 25.6. The summed E-state index contributed by atoms with van der Waals surface area (Å²) >= 11 is -2.10. The maximum atomic E-state index is 12.2. The fourth-order valence-corrected chi connectivity index (χ4v) is 5.23. The predicted molar refractivity (Wildman–Crippen MR) is 125 cm³/mol. The molecule has 1 saturated heterocycles. The minimum Gasteiger partial charge on any atom is -0.427 e. The summed E-state index contributed by atoms with van der Waals surface area (Å²) in [6.45, 7) is 10.8. The molecule has 1 aliphatic heterocycles. The second kappa shape index (κ2) is 10.8. The van der Waals surface area contributed by atoms with Gasteiger partial charge in [0.1, 0.15) is 5.75 Å². The molecule has 0 radical (unpaired) electrons. The Morgan fingerprint density at radius 1 is 1.19 bits per heavy atom. The van der Waals surface area contributed by atoms with Gasteiger partial charge < -0.3 is 15.5 Å². The summed E-state index contributed by atoms with van der Waals surface area (Å²) in [4.78, 5) is 12.2. The van der Waals surface area contributed by atoms with Crippen molar-refractivity contribution in [2.45, 2.75) is 90.3 Å². The highest BCUT2D eigenvalue weighted by Crippen LogP contribution is 2.32. The second-order valence-corrected chi connectivity index (χ2v) is 10.6. The lowest BCUT2D eigenvalue weighted by Gasteiger charge is -2.48. The highest BCUT2D eigenvalue weighted by atomic mass is 32.2. The van der Waals surface area contributed by atoms with Crippen molar-refractivity contribution in [2.75, 3.05) is 6.54 Å². The lowest BCUT2D eigenvalue weighted by atomic mass is 9.79. The van der Waals surface area contributed by atoms with Crippen LogP contribution in [0.1, 0.15) is 78.7 Å². The van der Waals surface area contributed by atoms with Crippen LogP contribution in [0, 0.1) is 5.41 Å². The number of esters is 1. The Labute approximate surface area is 188 Å². The Kier molecular flexibility index (Phi) is 8.94. The number of ether oxygens (including phenoxy) is 1. The fourth-order valence-electron chi connectivity index (χ4n) is 4.54. The number of hydrogen-bond acceptors (Lipinski definition) is 5. The molecule has 174 valence electrons. The van der Waals surface area contributed by atoms with Crippen molar-refractivity contribution < 1.29 is 18.3 Å². The molecule has 1 heterocycles. The highest BCUT2D eigenvalue weighted by molar-refractivity contribution is 7.76. The van der Waals surface area contributed by atoms with Gasteiger partial charge in [0.15, 0.2) is 0 Å². The third-order valence-electron chi connectivity index (χ3n) is 5.47. The van der Waals surface area contributed by atoms with Crippen molar-refractivity contribution in [3.05, 3.63) is 29.8 Å². The third kappa shape index (κ3) is 8.11. The van der Waals surface area contributed by atoms with Crippen LogP contribution in [-0.2, 0) is 16.1 Å². The number of hydrogen-bond donors (Lipinski definition) is 3. The molecule has 1 fully saturated rings. The minimum absolute atomic E-state index is 0.0425. The van der Waals surface area contributed by atoms with Gasteiger partial charge in [-0.2, -0.15) is 4.31 Å². The average molecular weight is 452 g/mol. The Morgan fingerprint density at radius 2 is 1.77 bits per heavy atom. The van der Waals surface area contributed by atoms with Gasteiger partial charge in [-0.3, -0.25) is 9.35 Å². The number of benzene rings is 1. The number of rotatable bonds is 10. The van der Waals surface area contributed by atoms with Crippen molar-refractivity contribution in [2.24, 2.45) is 0 Å². The van der Waals surface area contributed by atoms with Crippen molar-refractivity contribution in [1.29, 1.82) is 5.41 Å².